The Balaban J connectivity index is 1.97. The molecule has 1 atom stereocenters. The largest absolute Gasteiger partial charge is 0.491 e. The van der Waals surface area contributed by atoms with Crippen molar-refractivity contribution >= 4 is 11.8 Å². The van der Waals surface area contributed by atoms with E-state index in [1.165, 1.54) is 25.1 Å². The lowest BCUT2D eigenvalue weighted by atomic mass is 10.1. The fourth-order valence-electron chi connectivity index (χ4n) is 2.10. The van der Waals surface area contributed by atoms with Crippen molar-refractivity contribution in [2.24, 2.45) is 0 Å². The van der Waals surface area contributed by atoms with Gasteiger partial charge in [0.15, 0.2) is 0 Å². The quantitative estimate of drug-likeness (QED) is 0.829. The van der Waals surface area contributed by atoms with Gasteiger partial charge in [0, 0.05) is 18.4 Å². The number of amides is 2. The molecule has 0 saturated carbocycles. The minimum Gasteiger partial charge on any atom is -0.491 e. The van der Waals surface area contributed by atoms with Crippen LogP contribution >= 0.6 is 0 Å². The first kappa shape index (κ1) is 14.5. The standard InChI is InChI=1S/C14H16FNO4/c1-9(17)11-8-10(15)2-3-12(11)20-7-6-16-13(18)4-5-14(16)19/h2-3,8-9,17H,4-7H2,1H3/t9-/m1/s1. The molecular weight excluding hydrogens is 265 g/mol. The highest BCUT2D eigenvalue weighted by Crippen LogP contribution is 2.26. The average Bonchev–Trinajstić information content (AvgIpc) is 2.71. The summed E-state index contributed by atoms with van der Waals surface area (Å²) in [4.78, 5) is 24.0. The monoisotopic (exact) mass is 281 g/mol. The second-order valence-corrected chi connectivity index (χ2v) is 4.65. The minimum atomic E-state index is -0.865. The molecule has 1 fully saturated rings. The molecule has 20 heavy (non-hydrogen) atoms. The summed E-state index contributed by atoms with van der Waals surface area (Å²) < 4.78 is 18.6. The van der Waals surface area contributed by atoms with Crippen LogP contribution in [0.15, 0.2) is 18.2 Å². The van der Waals surface area contributed by atoms with Crippen LogP contribution < -0.4 is 4.74 Å². The Hall–Kier alpha value is -1.95. The molecule has 6 heteroatoms. The van der Waals surface area contributed by atoms with Crippen LogP contribution in [0.25, 0.3) is 0 Å². The van der Waals surface area contributed by atoms with Crippen LogP contribution in [0.3, 0.4) is 0 Å². The Kier molecular flexibility index (Phi) is 4.34. The van der Waals surface area contributed by atoms with E-state index in [1.807, 2.05) is 0 Å². The Labute approximate surface area is 116 Å². The van der Waals surface area contributed by atoms with Gasteiger partial charge in [-0.15, -0.1) is 0 Å². The molecule has 1 heterocycles. The maximum atomic E-state index is 13.1. The van der Waals surface area contributed by atoms with Gasteiger partial charge in [0.25, 0.3) is 0 Å². The molecule has 5 nitrogen and oxygen atoms in total. The van der Waals surface area contributed by atoms with Crippen LogP contribution in [0.2, 0.25) is 0 Å². The smallest absolute Gasteiger partial charge is 0.229 e. The van der Waals surface area contributed by atoms with Gasteiger partial charge in [-0.3, -0.25) is 14.5 Å². The van der Waals surface area contributed by atoms with Gasteiger partial charge in [0.2, 0.25) is 11.8 Å². The van der Waals surface area contributed by atoms with E-state index in [1.54, 1.807) is 0 Å². The molecule has 0 aliphatic carbocycles. The molecular formula is C14H16FNO4. The number of likely N-dealkylation sites (tertiary alicyclic amines) is 1. The van der Waals surface area contributed by atoms with Crippen LogP contribution in [-0.4, -0.2) is 35.0 Å². The molecule has 1 aliphatic rings. The molecule has 108 valence electrons. The van der Waals surface area contributed by atoms with Crippen LogP contribution in [0.1, 0.15) is 31.4 Å². The summed E-state index contributed by atoms with van der Waals surface area (Å²) in [5.41, 5.74) is 0.337. The second kappa shape index (κ2) is 6.00. The van der Waals surface area contributed by atoms with Crippen molar-refractivity contribution in [3.63, 3.8) is 0 Å². The first-order valence-electron chi connectivity index (χ1n) is 6.42. The van der Waals surface area contributed by atoms with Gasteiger partial charge in [-0.05, 0) is 25.1 Å². The third-order valence-corrected chi connectivity index (χ3v) is 3.15. The number of aliphatic hydroxyl groups excluding tert-OH is 1. The summed E-state index contributed by atoms with van der Waals surface area (Å²) in [5, 5.41) is 9.56. The summed E-state index contributed by atoms with van der Waals surface area (Å²) in [6.45, 7) is 1.78. The number of hydrogen-bond acceptors (Lipinski definition) is 4. The summed E-state index contributed by atoms with van der Waals surface area (Å²) in [7, 11) is 0. The lowest BCUT2D eigenvalue weighted by molar-refractivity contribution is -0.138. The Bertz CT molecular complexity index is 514. The van der Waals surface area contributed by atoms with E-state index in [4.69, 9.17) is 4.74 Å². The topological polar surface area (TPSA) is 66.8 Å². The molecule has 1 aliphatic heterocycles. The van der Waals surface area contributed by atoms with Crippen molar-refractivity contribution in [1.29, 1.82) is 0 Å². The predicted molar refractivity (Wildman–Crippen MR) is 68.5 cm³/mol. The summed E-state index contributed by atoms with van der Waals surface area (Å²) in [5.74, 6) is -0.513. The zero-order valence-corrected chi connectivity index (χ0v) is 11.1. The third-order valence-electron chi connectivity index (χ3n) is 3.15. The molecule has 0 unspecified atom stereocenters. The van der Waals surface area contributed by atoms with Gasteiger partial charge in [-0.2, -0.15) is 0 Å². The van der Waals surface area contributed by atoms with E-state index in [0.717, 1.165) is 4.90 Å². The van der Waals surface area contributed by atoms with Crippen molar-refractivity contribution in [3.8, 4) is 5.75 Å². The third kappa shape index (κ3) is 3.14. The number of aliphatic hydroxyl groups is 1. The fourth-order valence-corrected chi connectivity index (χ4v) is 2.10. The van der Waals surface area contributed by atoms with Crippen LogP contribution in [0, 0.1) is 5.82 Å². The number of halogens is 1. The van der Waals surface area contributed by atoms with Crippen molar-refractivity contribution in [1.82, 2.24) is 4.90 Å². The Morgan fingerprint density at radius 2 is 2.00 bits per heavy atom. The number of hydrogen-bond donors (Lipinski definition) is 1. The van der Waals surface area contributed by atoms with Crippen molar-refractivity contribution < 1.29 is 23.8 Å². The lowest BCUT2D eigenvalue weighted by Gasteiger charge is -2.17. The van der Waals surface area contributed by atoms with E-state index in [0.29, 0.717) is 11.3 Å². The van der Waals surface area contributed by atoms with Crippen LogP contribution in [0.4, 0.5) is 4.39 Å². The maximum absolute atomic E-state index is 13.1. The molecule has 1 aromatic carbocycles. The first-order chi connectivity index (χ1) is 9.49. The number of imide groups is 1. The highest BCUT2D eigenvalue weighted by atomic mass is 19.1. The van der Waals surface area contributed by atoms with E-state index < -0.39 is 11.9 Å². The molecule has 2 rings (SSSR count). The van der Waals surface area contributed by atoms with Gasteiger partial charge < -0.3 is 9.84 Å². The number of benzene rings is 1. The number of carbonyl (C=O) groups is 2. The normalized spacial score (nSPS) is 16.6. The van der Waals surface area contributed by atoms with Crippen molar-refractivity contribution in [2.45, 2.75) is 25.9 Å². The number of ether oxygens (including phenoxy) is 1. The maximum Gasteiger partial charge on any atom is 0.229 e. The van der Waals surface area contributed by atoms with Gasteiger partial charge in [0.05, 0.1) is 12.6 Å². The molecule has 0 radical (unpaired) electrons. The van der Waals surface area contributed by atoms with E-state index >= 15 is 0 Å². The number of carbonyl (C=O) groups excluding carboxylic acids is 2. The first-order valence-corrected chi connectivity index (χ1v) is 6.42. The van der Waals surface area contributed by atoms with Crippen molar-refractivity contribution in [2.75, 3.05) is 13.2 Å². The molecule has 0 spiro atoms. The molecule has 0 aromatic heterocycles. The summed E-state index contributed by atoms with van der Waals surface area (Å²) in [6.07, 6.45) is -0.376. The molecule has 1 saturated heterocycles. The minimum absolute atomic E-state index is 0.114. The highest BCUT2D eigenvalue weighted by molar-refractivity contribution is 6.01. The average molecular weight is 281 g/mol. The SMILES string of the molecule is C[C@@H](O)c1cc(F)ccc1OCCN1C(=O)CCC1=O. The summed E-state index contributed by atoms with van der Waals surface area (Å²) >= 11 is 0. The molecule has 0 bridgehead atoms. The van der Waals surface area contributed by atoms with E-state index in [-0.39, 0.29) is 37.8 Å². The zero-order valence-electron chi connectivity index (χ0n) is 11.1. The molecule has 2 amide bonds. The zero-order chi connectivity index (χ0) is 14.7. The van der Waals surface area contributed by atoms with Crippen LogP contribution in [-0.2, 0) is 9.59 Å². The number of rotatable bonds is 5. The van der Waals surface area contributed by atoms with Gasteiger partial charge >= 0.3 is 0 Å². The summed E-state index contributed by atoms with van der Waals surface area (Å²) in [6, 6.07) is 3.85. The predicted octanol–water partition coefficient (Wildman–Crippen LogP) is 1.41. The molecule has 1 N–H and O–H groups in total. The highest BCUT2D eigenvalue weighted by Gasteiger charge is 2.28. The second-order valence-electron chi connectivity index (χ2n) is 4.65. The Morgan fingerprint density at radius 3 is 2.60 bits per heavy atom. The Morgan fingerprint density at radius 1 is 1.35 bits per heavy atom. The van der Waals surface area contributed by atoms with Gasteiger partial charge in [-0.1, -0.05) is 0 Å². The van der Waals surface area contributed by atoms with E-state index in [9.17, 15) is 19.1 Å². The van der Waals surface area contributed by atoms with Crippen molar-refractivity contribution in [3.05, 3.63) is 29.6 Å². The van der Waals surface area contributed by atoms with E-state index in [2.05, 4.69) is 0 Å². The van der Waals surface area contributed by atoms with Gasteiger partial charge in [-0.25, -0.2) is 4.39 Å². The van der Waals surface area contributed by atoms with Gasteiger partial charge in [0.1, 0.15) is 18.2 Å². The lowest BCUT2D eigenvalue weighted by Crippen LogP contribution is -2.33. The van der Waals surface area contributed by atoms with Crippen LogP contribution in [0.5, 0.6) is 5.75 Å². The molecule has 1 aromatic rings. The fraction of sp³-hybridized carbons (Fsp3) is 0.429. The number of nitrogens with zero attached hydrogens (tertiary/aromatic N) is 1.